The first-order chi connectivity index (χ1) is 6.05. The second-order valence-corrected chi connectivity index (χ2v) is 3.50. The molecule has 2 aliphatic rings. The lowest BCUT2D eigenvalue weighted by atomic mass is 10.1. The number of aliphatic imine (C=N–C) groups is 2. The summed E-state index contributed by atoms with van der Waals surface area (Å²) in [5, 5.41) is 0. The van der Waals surface area contributed by atoms with Crippen molar-refractivity contribution in [1.82, 2.24) is 0 Å². The summed E-state index contributed by atoms with van der Waals surface area (Å²) in [5.41, 5.74) is -0.171. The van der Waals surface area contributed by atoms with Crippen LogP contribution in [0.4, 0.5) is 8.78 Å². The van der Waals surface area contributed by atoms with Gasteiger partial charge in [-0.15, -0.1) is 0 Å². The highest BCUT2D eigenvalue weighted by Gasteiger charge is 2.32. The molecule has 1 heterocycles. The van der Waals surface area contributed by atoms with E-state index in [-0.39, 0.29) is 5.71 Å². The maximum Gasteiger partial charge on any atom is 0.287 e. The molecule has 1 fully saturated rings. The Kier molecular flexibility index (Phi) is 1.78. The highest BCUT2D eigenvalue weighted by Crippen LogP contribution is 2.28. The van der Waals surface area contributed by atoms with Crippen molar-refractivity contribution in [1.29, 1.82) is 0 Å². The maximum absolute atomic E-state index is 12.5. The lowest BCUT2D eigenvalue weighted by molar-refractivity contribution is 0.101. The third kappa shape index (κ3) is 1.99. The predicted molar refractivity (Wildman–Crippen MR) is 47.4 cm³/mol. The van der Waals surface area contributed by atoms with Crippen LogP contribution in [-0.4, -0.2) is 17.8 Å². The fraction of sp³-hybridized carbons (Fsp3) is 0.556. The molecule has 0 aromatic rings. The minimum absolute atomic E-state index is 0.171. The van der Waals surface area contributed by atoms with E-state index in [4.69, 9.17) is 0 Å². The molecule has 1 aliphatic carbocycles. The zero-order chi connectivity index (χ0) is 9.47. The third-order valence-electron chi connectivity index (χ3n) is 1.99. The van der Waals surface area contributed by atoms with E-state index in [1.54, 1.807) is 6.21 Å². The number of halogens is 2. The Labute approximate surface area is 75.1 Å². The predicted octanol–water partition coefficient (Wildman–Crippen LogP) is 2.42. The fourth-order valence-corrected chi connectivity index (χ4v) is 0.962. The van der Waals surface area contributed by atoms with Crippen LogP contribution in [0.1, 0.15) is 19.8 Å². The molecular weight excluding hydrogens is 174 g/mol. The van der Waals surface area contributed by atoms with Gasteiger partial charge in [0.25, 0.3) is 5.92 Å². The molecule has 0 bridgehead atoms. The minimum Gasteiger partial charge on any atom is -0.241 e. The summed E-state index contributed by atoms with van der Waals surface area (Å²) in [6.07, 6.45) is 5.45. The van der Waals surface area contributed by atoms with E-state index < -0.39 is 5.92 Å². The smallest absolute Gasteiger partial charge is 0.241 e. The van der Waals surface area contributed by atoms with Gasteiger partial charge in [-0.25, -0.2) is 9.98 Å². The highest BCUT2D eigenvalue weighted by molar-refractivity contribution is 6.05. The molecule has 0 N–H and O–H groups in total. The Morgan fingerprint density at radius 2 is 2.23 bits per heavy atom. The average molecular weight is 184 g/mol. The van der Waals surface area contributed by atoms with Crippen molar-refractivity contribution >= 4 is 11.9 Å². The van der Waals surface area contributed by atoms with Gasteiger partial charge in [0, 0.05) is 19.2 Å². The van der Waals surface area contributed by atoms with Gasteiger partial charge in [0.1, 0.15) is 5.71 Å². The monoisotopic (exact) mass is 184 g/mol. The standard InChI is InChI=1S/C9H10F2N2/c1-9(10,11)7-4-8(13-7)12-5-6-2-3-6/h4-6H,2-3H2,1H3. The lowest BCUT2D eigenvalue weighted by Crippen LogP contribution is -2.26. The summed E-state index contributed by atoms with van der Waals surface area (Å²) in [5.74, 6) is -1.84. The fourth-order valence-electron chi connectivity index (χ4n) is 0.962. The Morgan fingerprint density at radius 3 is 2.69 bits per heavy atom. The van der Waals surface area contributed by atoms with Gasteiger partial charge < -0.3 is 0 Å². The Balaban J connectivity index is 1.88. The number of allylic oxidation sites excluding steroid dienone is 1. The molecule has 4 heteroatoms. The Hall–Kier alpha value is -1.06. The van der Waals surface area contributed by atoms with E-state index in [1.807, 2.05) is 0 Å². The Morgan fingerprint density at radius 1 is 1.62 bits per heavy atom. The van der Waals surface area contributed by atoms with Crippen LogP contribution in [-0.2, 0) is 0 Å². The molecule has 0 spiro atoms. The number of nitrogens with zero attached hydrogens (tertiary/aromatic N) is 2. The zero-order valence-electron chi connectivity index (χ0n) is 7.30. The van der Waals surface area contributed by atoms with Crippen LogP contribution < -0.4 is 0 Å². The first-order valence-electron chi connectivity index (χ1n) is 4.28. The van der Waals surface area contributed by atoms with Crippen molar-refractivity contribution in [2.75, 3.05) is 0 Å². The van der Waals surface area contributed by atoms with Gasteiger partial charge in [-0.3, -0.25) is 0 Å². The molecule has 70 valence electrons. The largest absolute Gasteiger partial charge is 0.287 e. The van der Waals surface area contributed by atoms with Crippen LogP contribution in [0.2, 0.25) is 0 Å². The Bertz CT molecular complexity index is 306. The van der Waals surface area contributed by atoms with Gasteiger partial charge in [0.2, 0.25) is 0 Å². The van der Waals surface area contributed by atoms with Crippen molar-refractivity contribution in [3.05, 3.63) is 11.9 Å². The molecule has 1 saturated carbocycles. The maximum atomic E-state index is 12.5. The van der Waals surface area contributed by atoms with Gasteiger partial charge in [-0.05, 0) is 18.8 Å². The number of hydrogen-bond donors (Lipinski definition) is 0. The van der Waals surface area contributed by atoms with E-state index in [0.717, 1.165) is 19.8 Å². The lowest BCUT2D eigenvalue weighted by Gasteiger charge is -2.16. The minimum atomic E-state index is -2.82. The molecule has 0 atom stereocenters. The average Bonchev–Trinajstić information content (AvgIpc) is 2.63. The molecule has 0 aromatic heterocycles. The zero-order valence-corrected chi connectivity index (χ0v) is 7.30. The van der Waals surface area contributed by atoms with Crippen molar-refractivity contribution < 1.29 is 8.78 Å². The molecular formula is C9H10F2N2. The van der Waals surface area contributed by atoms with E-state index in [9.17, 15) is 8.78 Å². The SMILES string of the molecule is CC(F)(F)C1=NC(N=CC2CC2)=C1. The highest BCUT2D eigenvalue weighted by atomic mass is 19.3. The van der Waals surface area contributed by atoms with Crippen LogP contribution in [0.3, 0.4) is 0 Å². The van der Waals surface area contributed by atoms with Crippen molar-refractivity contribution in [3.8, 4) is 0 Å². The summed E-state index contributed by atoms with van der Waals surface area (Å²) in [6, 6.07) is 0. The van der Waals surface area contributed by atoms with Gasteiger partial charge in [-0.1, -0.05) is 0 Å². The van der Waals surface area contributed by atoms with Crippen LogP contribution in [0.5, 0.6) is 0 Å². The molecule has 0 radical (unpaired) electrons. The number of rotatable bonds is 3. The second kappa shape index (κ2) is 2.72. The van der Waals surface area contributed by atoms with E-state index in [2.05, 4.69) is 9.98 Å². The molecule has 0 unspecified atom stereocenters. The quantitative estimate of drug-likeness (QED) is 0.602. The number of alkyl halides is 2. The third-order valence-corrected chi connectivity index (χ3v) is 1.99. The van der Waals surface area contributed by atoms with Crippen LogP contribution in [0, 0.1) is 5.92 Å². The molecule has 0 saturated heterocycles. The second-order valence-electron chi connectivity index (χ2n) is 3.50. The van der Waals surface area contributed by atoms with Gasteiger partial charge in [0.15, 0.2) is 5.82 Å². The summed E-state index contributed by atoms with van der Waals surface area (Å²) in [7, 11) is 0. The van der Waals surface area contributed by atoms with Gasteiger partial charge in [-0.2, -0.15) is 8.78 Å². The van der Waals surface area contributed by atoms with Crippen molar-refractivity contribution in [2.24, 2.45) is 15.9 Å². The molecule has 1 aliphatic heterocycles. The molecule has 2 nitrogen and oxygen atoms in total. The topological polar surface area (TPSA) is 24.7 Å². The van der Waals surface area contributed by atoms with Crippen LogP contribution >= 0.6 is 0 Å². The molecule has 2 rings (SSSR count). The van der Waals surface area contributed by atoms with E-state index in [0.29, 0.717) is 11.7 Å². The molecule has 13 heavy (non-hydrogen) atoms. The first-order valence-corrected chi connectivity index (χ1v) is 4.28. The van der Waals surface area contributed by atoms with Crippen LogP contribution in [0.15, 0.2) is 21.9 Å². The number of hydrogen-bond acceptors (Lipinski definition) is 2. The first kappa shape index (κ1) is 8.53. The molecule has 0 aromatic carbocycles. The van der Waals surface area contributed by atoms with E-state index in [1.165, 1.54) is 6.08 Å². The van der Waals surface area contributed by atoms with Crippen molar-refractivity contribution in [2.45, 2.75) is 25.7 Å². The molecule has 0 amide bonds. The summed E-state index contributed by atoms with van der Waals surface area (Å²) in [6.45, 7) is 0.837. The summed E-state index contributed by atoms with van der Waals surface area (Å²) in [4.78, 5) is 7.59. The van der Waals surface area contributed by atoms with E-state index >= 15 is 0 Å². The van der Waals surface area contributed by atoms with Crippen LogP contribution in [0.25, 0.3) is 0 Å². The summed E-state index contributed by atoms with van der Waals surface area (Å²) < 4.78 is 25.0. The normalized spacial score (nSPS) is 22.7. The van der Waals surface area contributed by atoms with Crippen molar-refractivity contribution in [3.63, 3.8) is 0 Å². The summed E-state index contributed by atoms with van der Waals surface area (Å²) >= 11 is 0. The van der Waals surface area contributed by atoms with Gasteiger partial charge in [0.05, 0.1) is 0 Å². The van der Waals surface area contributed by atoms with Gasteiger partial charge >= 0.3 is 0 Å².